The van der Waals surface area contributed by atoms with Crippen molar-refractivity contribution >= 4 is 11.4 Å². The molecule has 0 spiro atoms. The van der Waals surface area contributed by atoms with Gasteiger partial charge >= 0.3 is 0 Å². The number of aliphatic hydroxyl groups excluding tert-OH is 1. The van der Waals surface area contributed by atoms with Gasteiger partial charge in [0.25, 0.3) is 5.69 Å². The molecule has 5 heteroatoms. The Labute approximate surface area is 107 Å². The van der Waals surface area contributed by atoms with Crippen LogP contribution in [0.3, 0.4) is 0 Å². The Morgan fingerprint density at radius 1 is 1.33 bits per heavy atom. The average Bonchev–Trinajstić information content (AvgIpc) is 2.37. The van der Waals surface area contributed by atoms with Crippen molar-refractivity contribution in [3.05, 3.63) is 34.4 Å². The summed E-state index contributed by atoms with van der Waals surface area (Å²) in [7, 11) is 0. The minimum Gasteiger partial charge on any atom is -0.396 e. The molecule has 1 atom stereocenters. The summed E-state index contributed by atoms with van der Waals surface area (Å²) < 4.78 is 0. The molecule has 0 amide bonds. The number of benzene rings is 1. The van der Waals surface area contributed by atoms with E-state index in [4.69, 9.17) is 5.11 Å². The lowest BCUT2D eigenvalue weighted by atomic mass is 10.0. The molecular weight excluding hydrogens is 232 g/mol. The van der Waals surface area contributed by atoms with Crippen molar-refractivity contribution in [3.63, 3.8) is 0 Å². The lowest BCUT2D eigenvalue weighted by Gasteiger charge is -2.16. The normalized spacial score (nSPS) is 12.1. The summed E-state index contributed by atoms with van der Waals surface area (Å²) in [5, 5.41) is 22.7. The van der Waals surface area contributed by atoms with E-state index < -0.39 is 4.92 Å². The zero-order valence-electron chi connectivity index (χ0n) is 10.6. The number of hydrogen-bond acceptors (Lipinski definition) is 4. The molecule has 0 aliphatic carbocycles. The van der Waals surface area contributed by atoms with Gasteiger partial charge in [-0.05, 0) is 30.9 Å². The molecule has 1 rings (SSSR count). The molecule has 0 aliphatic heterocycles. The molecule has 1 aromatic carbocycles. The molecule has 0 radical (unpaired) electrons. The molecule has 0 saturated heterocycles. The van der Waals surface area contributed by atoms with Crippen LogP contribution in [0.2, 0.25) is 0 Å². The minimum absolute atomic E-state index is 0.0982. The topological polar surface area (TPSA) is 75.4 Å². The highest BCUT2D eigenvalue weighted by Gasteiger charge is 2.08. The van der Waals surface area contributed by atoms with Crippen molar-refractivity contribution in [1.29, 1.82) is 0 Å². The van der Waals surface area contributed by atoms with Gasteiger partial charge in [0, 0.05) is 31.0 Å². The number of nitro benzene ring substituents is 1. The fraction of sp³-hybridized carbons (Fsp3) is 0.538. The van der Waals surface area contributed by atoms with Crippen molar-refractivity contribution in [1.82, 2.24) is 0 Å². The number of nitrogens with one attached hydrogen (secondary N) is 1. The van der Waals surface area contributed by atoms with Gasteiger partial charge in [0.2, 0.25) is 0 Å². The molecule has 18 heavy (non-hydrogen) atoms. The van der Waals surface area contributed by atoms with Crippen LogP contribution in [-0.2, 0) is 0 Å². The number of rotatable bonds is 8. The first-order valence-corrected chi connectivity index (χ1v) is 6.26. The molecule has 1 aromatic rings. The van der Waals surface area contributed by atoms with E-state index in [2.05, 4.69) is 12.2 Å². The fourth-order valence-corrected chi connectivity index (χ4v) is 1.90. The Morgan fingerprint density at radius 3 is 2.50 bits per heavy atom. The summed E-state index contributed by atoms with van der Waals surface area (Å²) in [5.74, 6) is 0.440. The highest BCUT2D eigenvalue weighted by molar-refractivity contribution is 5.48. The van der Waals surface area contributed by atoms with E-state index in [9.17, 15) is 10.1 Å². The molecule has 0 aromatic heterocycles. The Kier molecular flexibility index (Phi) is 6.14. The van der Waals surface area contributed by atoms with Crippen LogP contribution in [0, 0.1) is 16.0 Å². The van der Waals surface area contributed by atoms with Gasteiger partial charge in [-0.2, -0.15) is 0 Å². The first-order chi connectivity index (χ1) is 8.67. The van der Waals surface area contributed by atoms with E-state index in [1.165, 1.54) is 12.1 Å². The maximum atomic E-state index is 10.5. The largest absolute Gasteiger partial charge is 0.396 e. The molecule has 0 heterocycles. The summed E-state index contributed by atoms with van der Waals surface area (Å²) in [6, 6.07) is 6.40. The van der Waals surface area contributed by atoms with Gasteiger partial charge in [-0.1, -0.05) is 13.3 Å². The zero-order chi connectivity index (χ0) is 13.4. The maximum absolute atomic E-state index is 10.5. The molecule has 100 valence electrons. The van der Waals surface area contributed by atoms with Crippen LogP contribution in [0.25, 0.3) is 0 Å². The summed E-state index contributed by atoms with van der Waals surface area (Å²) >= 11 is 0. The third kappa shape index (κ3) is 4.71. The molecular formula is C13H20N2O3. The van der Waals surface area contributed by atoms with Crippen LogP contribution in [0.1, 0.15) is 26.2 Å². The number of anilines is 1. The van der Waals surface area contributed by atoms with Gasteiger partial charge in [0.15, 0.2) is 0 Å². The van der Waals surface area contributed by atoms with Crippen molar-refractivity contribution in [2.45, 2.75) is 26.2 Å². The molecule has 0 saturated carbocycles. The van der Waals surface area contributed by atoms with E-state index in [1.54, 1.807) is 12.1 Å². The van der Waals surface area contributed by atoms with Crippen LogP contribution in [0.15, 0.2) is 24.3 Å². The monoisotopic (exact) mass is 252 g/mol. The van der Waals surface area contributed by atoms with Gasteiger partial charge < -0.3 is 10.4 Å². The number of aliphatic hydroxyl groups is 1. The van der Waals surface area contributed by atoms with Gasteiger partial charge in [0.05, 0.1) is 4.92 Å². The highest BCUT2D eigenvalue weighted by atomic mass is 16.6. The molecule has 0 bridgehead atoms. The summed E-state index contributed by atoms with van der Waals surface area (Å²) in [6.07, 6.45) is 2.95. The lowest BCUT2D eigenvalue weighted by molar-refractivity contribution is -0.384. The molecule has 5 nitrogen and oxygen atoms in total. The predicted octanol–water partition coefficient (Wildman–Crippen LogP) is 2.81. The van der Waals surface area contributed by atoms with E-state index in [1.807, 2.05) is 0 Å². The average molecular weight is 252 g/mol. The fourth-order valence-electron chi connectivity index (χ4n) is 1.90. The highest BCUT2D eigenvalue weighted by Crippen LogP contribution is 2.17. The summed E-state index contributed by atoms with van der Waals surface area (Å²) in [6.45, 7) is 3.11. The molecule has 1 unspecified atom stereocenters. The van der Waals surface area contributed by atoms with E-state index in [-0.39, 0.29) is 12.3 Å². The number of non-ortho nitro benzene ring substituents is 1. The smallest absolute Gasteiger partial charge is 0.269 e. The summed E-state index contributed by atoms with van der Waals surface area (Å²) in [5.41, 5.74) is 0.973. The van der Waals surface area contributed by atoms with Gasteiger partial charge in [0.1, 0.15) is 0 Å². The lowest BCUT2D eigenvalue weighted by Crippen LogP contribution is -2.15. The Hall–Kier alpha value is -1.62. The van der Waals surface area contributed by atoms with Crippen LogP contribution in [-0.4, -0.2) is 23.2 Å². The van der Waals surface area contributed by atoms with Gasteiger partial charge in [-0.15, -0.1) is 0 Å². The van der Waals surface area contributed by atoms with Gasteiger partial charge in [-0.25, -0.2) is 0 Å². The van der Waals surface area contributed by atoms with Gasteiger partial charge in [-0.3, -0.25) is 10.1 Å². The second kappa shape index (κ2) is 7.66. The maximum Gasteiger partial charge on any atom is 0.269 e. The van der Waals surface area contributed by atoms with E-state index in [0.717, 1.165) is 31.5 Å². The minimum atomic E-state index is -0.407. The van der Waals surface area contributed by atoms with E-state index in [0.29, 0.717) is 5.92 Å². The first-order valence-electron chi connectivity index (χ1n) is 6.26. The first kappa shape index (κ1) is 14.4. The van der Waals surface area contributed by atoms with Crippen molar-refractivity contribution in [3.8, 4) is 0 Å². The third-order valence-corrected chi connectivity index (χ3v) is 2.91. The quantitative estimate of drug-likeness (QED) is 0.551. The third-order valence-electron chi connectivity index (χ3n) is 2.91. The Morgan fingerprint density at radius 2 is 2.00 bits per heavy atom. The second-order valence-electron chi connectivity index (χ2n) is 4.35. The van der Waals surface area contributed by atoms with Crippen LogP contribution >= 0.6 is 0 Å². The molecule has 0 aliphatic rings. The Balaban J connectivity index is 2.48. The van der Waals surface area contributed by atoms with E-state index >= 15 is 0 Å². The Bertz CT molecular complexity index is 359. The zero-order valence-corrected chi connectivity index (χ0v) is 10.6. The number of nitro groups is 1. The molecule has 2 N–H and O–H groups in total. The molecule has 0 fully saturated rings. The second-order valence-corrected chi connectivity index (χ2v) is 4.35. The van der Waals surface area contributed by atoms with Crippen LogP contribution in [0.5, 0.6) is 0 Å². The van der Waals surface area contributed by atoms with Crippen molar-refractivity contribution in [2.24, 2.45) is 5.92 Å². The SMILES string of the molecule is CCCC(CCO)CNc1ccc([N+](=O)[O-])cc1. The van der Waals surface area contributed by atoms with Crippen molar-refractivity contribution in [2.75, 3.05) is 18.5 Å². The van der Waals surface area contributed by atoms with Crippen LogP contribution in [0.4, 0.5) is 11.4 Å². The number of hydrogen-bond donors (Lipinski definition) is 2. The van der Waals surface area contributed by atoms with Crippen molar-refractivity contribution < 1.29 is 10.0 Å². The van der Waals surface area contributed by atoms with Crippen LogP contribution < -0.4 is 5.32 Å². The predicted molar refractivity (Wildman–Crippen MR) is 71.7 cm³/mol. The number of nitrogens with zero attached hydrogens (tertiary/aromatic N) is 1. The standard InChI is InChI=1S/C13H20N2O3/c1-2-3-11(8-9-16)10-14-12-4-6-13(7-5-12)15(17)18/h4-7,11,14,16H,2-3,8-10H2,1H3. The summed E-state index contributed by atoms with van der Waals surface area (Å²) in [4.78, 5) is 10.1.